The monoisotopic (exact) mass is 269 g/mol. The van der Waals surface area contributed by atoms with E-state index in [2.05, 4.69) is 0 Å². The summed E-state index contributed by atoms with van der Waals surface area (Å²) in [5.41, 5.74) is 7.04. The number of hydrogen-bond acceptors (Lipinski definition) is 1. The van der Waals surface area contributed by atoms with Crippen molar-refractivity contribution < 1.29 is 17.6 Å². The number of aryl methyl sites for hydroxylation is 1. The zero-order valence-corrected chi connectivity index (χ0v) is 10.1. The van der Waals surface area contributed by atoms with E-state index in [0.29, 0.717) is 11.1 Å². The van der Waals surface area contributed by atoms with Crippen molar-refractivity contribution in [2.24, 2.45) is 5.73 Å². The molecule has 0 aliphatic carbocycles. The van der Waals surface area contributed by atoms with Gasteiger partial charge in [0.05, 0.1) is 6.04 Å². The molecular weight excluding hydrogens is 258 g/mol. The quantitative estimate of drug-likeness (QED) is 0.654. The Hall–Kier alpha value is -1.88. The van der Waals surface area contributed by atoms with Crippen LogP contribution >= 0.6 is 0 Å². The van der Waals surface area contributed by atoms with Crippen molar-refractivity contribution in [3.8, 4) is 0 Å². The molecule has 0 heterocycles. The molecule has 0 aliphatic rings. The average Bonchev–Trinajstić information content (AvgIpc) is 2.34. The van der Waals surface area contributed by atoms with E-state index in [9.17, 15) is 17.6 Å². The highest BCUT2D eigenvalue weighted by atomic mass is 19.2. The summed E-state index contributed by atoms with van der Waals surface area (Å²) in [6.07, 6.45) is 0. The first-order valence-corrected chi connectivity index (χ1v) is 5.56. The Balaban J connectivity index is 2.47. The zero-order chi connectivity index (χ0) is 14.2. The van der Waals surface area contributed by atoms with Crippen molar-refractivity contribution in [2.45, 2.75) is 13.0 Å². The van der Waals surface area contributed by atoms with Crippen LogP contribution in [-0.2, 0) is 0 Å². The number of halogens is 4. The van der Waals surface area contributed by atoms with Crippen LogP contribution < -0.4 is 5.73 Å². The van der Waals surface area contributed by atoms with Gasteiger partial charge in [-0.05, 0) is 47.9 Å². The Morgan fingerprint density at radius 3 is 2.05 bits per heavy atom. The Labute approximate surface area is 107 Å². The molecule has 0 aromatic heterocycles. The van der Waals surface area contributed by atoms with E-state index in [4.69, 9.17) is 5.73 Å². The largest absolute Gasteiger partial charge is 0.320 e. The standard InChI is InChI=1S/C14H11F4N/c1-7-4-9(15)2-3-10(7)14(19)8-5-11(16)13(18)12(17)6-8/h2-6,14H,19H2,1H3. The molecule has 0 aliphatic heterocycles. The van der Waals surface area contributed by atoms with Gasteiger partial charge in [0.15, 0.2) is 17.5 Å². The van der Waals surface area contributed by atoms with Crippen molar-refractivity contribution in [2.75, 3.05) is 0 Å². The Bertz CT molecular complexity index is 602. The lowest BCUT2D eigenvalue weighted by Crippen LogP contribution is -2.14. The maximum Gasteiger partial charge on any atom is 0.194 e. The van der Waals surface area contributed by atoms with Gasteiger partial charge in [0.1, 0.15) is 5.82 Å². The van der Waals surface area contributed by atoms with Crippen molar-refractivity contribution in [3.63, 3.8) is 0 Å². The molecule has 0 spiro atoms. The molecule has 1 atom stereocenters. The third-order valence-corrected chi connectivity index (χ3v) is 2.93. The normalized spacial score (nSPS) is 12.5. The third kappa shape index (κ3) is 2.61. The first-order chi connectivity index (χ1) is 8.90. The molecule has 1 nitrogen and oxygen atoms in total. The number of rotatable bonds is 2. The van der Waals surface area contributed by atoms with E-state index in [1.54, 1.807) is 6.92 Å². The molecule has 2 aromatic rings. The fourth-order valence-corrected chi connectivity index (χ4v) is 1.92. The van der Waals surface area contributed by atoms with Gasteiger partial charge in [-0.3, -0.25) is 0 Å². The maximum atomic E-state index is 13.2. The molecular formula is C14H11F4N. The predicted octanol–water partition coefficient (Wildman–Crippen LogP) is 3.60. The minimum atomic E-state index is -1.54. The van der Waals surface area contributed by atoms with Crippen molar-refractivity contribution in [1.82, 2.24) is 0 Å². The number of benzene rings is 2. The average molecular weight is 269 g/mol. The second kappa shape index (κ2) is 5.01. The van der Waals surface area contributed by atoms with Crippen molar-refractivity contribution in [1.29, 1.82) is 0 Å². The molecule has 2 rings (SSSR count). The minimum Gasteiger partial charge on any atom is -0.320 e. The molecule has 19 heavy (non-hydrogen) atoms. The van der Waals surface area contributed by atoms with Crippen LogP contribution in [-0.4, -0.2) is 0 Å². The molecule has 0 amide bonds. The van der Waals surface area contributed by atoms with Crippen molar-refractivity contribution >= 4 is 0 Å². The number of hydrogen-bond donors (Lipinski definition) is 1. The van der Waals surface area contributed by atoms with Gasteiger partial charge in [-0.15, -0.1) is 0 Å². The first-order valence-electron chi connectivity index (χ1n) is 5.56. The highest BCUT2D eigenvalue weighted by Gasteiger charge is 2.17. The number of nitrogens with two attached hydrogens (primary N) is 1. The smallest absolute Gasteiger partial charge is 0.194 e. The molecule has 0 bridgehead atoms. The van der Waals surface area contributed by atoms with E-state index >= 15 is 0 Å². The molecule has 0 saturated carbocycles. The van der Waals surface area contributed by atoms with Crippen LogP contribution in [0.5, 0.6) is 0 Å². The summed E-state index contributed by atoms with van der Waals surface area (Å²) in [5.74, 6) is -4.56. The summed E-state index contributed by atoms with van der Waals surface area (Å²) in [6, 6.07) is 4.74. The second-order valence-corrected chi connectivity index (χ2v) is 4.28. The molecule has 0 saturated heterocycles. The van der Waals surface area contributed by atoms with E-state index in [1.807, 2.05) is 0 Å². The Morgan fingerprint density at radius 1 is 0.947 bits per heavy atom. The molecule has 1 unspecified atom stereocenters. The van der Waals surface area contributed by atoms with Crippen LogP contribution in [0.3, 0.4) is 0 Å². The Morgan fingerprint density at radius 2 is 1.53 bits per heavy atom. The third-order valence-electron chi connectivity index (χ3n) is 2.93. The van der Waals surface area contributed by atoms with Crippen LogP contribution in [0.4, 0.5) is 17.6 Å². The van der Waals surface area contributed by atoms with Gasteiger partial charge in [-0.25, -0.2) is 17.6 Å². The fourth-order valence-electron chi connectivity index (χ4n) is 1.92. The first kappa shape index (κ1) is 13.5. The SMILES string of the molecule is Cc1cc(F)ccc1C(N)c1cc(F)c(F)c(F)c1. The van der Waals surface area contributed by atoms with Crippen LogP contribution in [0.15, 0.2) is 30.3 Å². The van der Waals surface area contributed by atoms with Gasteiger partial charge in [-0.2, -0.15) is 0 Å². The van der Waals surface area contributed by atoms with Crippen LogP contribution in [0.1, 0.15) is 22.7 Å². The molecule has 0 radical (unpaired) electrons. The molecule has 5 heteroatoms. The summed E-state index contributed by atoms with van der Waals surface area (Å²) in [6.45, 7) is 1.63. The summed E-state index contributed by atoms with van der Waals surface area (Å²) >= 11 is 0. The zero-order valence-electron chi connectivity index (χ0n) is 10.1. The fraction of sp³-hybridized carbons (Fsp3) is 0.143. The highest BCUT2D eigenvalue weighted by Crippen LogP contribution is 2.25. The van der Waals surface area contributed by atoms with Gasteiger partial charge in [-0.1, -0.05) is 6.07 Å². The minimum absolute atomic E-state index is 0.0890. The van der Waals surface area contributed by atoms with Crippen LogP contribution in [0, 0.1) is 30.2 Å². The highest BCUT2D eigenvalue weighted by molar-refractivity contribution is 5.37. The van der Waals surface area contributed by atoms with Crippen LogP contribution in [0.25, 0.3) is 0 Å². The van der Waals surface area contributed by atoms with E-state index < -0.39 is 29.3 Å². The van der Waals surface area contributed by atoms with Gasteiger partial charge in [0, 0.05) is 0 Å². The summed E-state index contributed by atoms with van der Waals surface area (Å²) < 4.78 is 52.2. The summed E-state index contributed by atoms with van der Waals surface area (Å²) in [5, 5.41) is 0. The second-order valence-electron chi connectivity index (χ2n) is 4.28. The molecule has 0 fully saturated rings. The van der Waals surface area contributed by atoms with Crippen molar-refractivity contribution in [3.05, 3.63) is 70.3 Å². The van der Waals surface area contributed by atoms with Gasteiger partial charge >= 0.3 is 0 Å². The van der Waals surface area contributed by atoms with Gasteiger partial charge < -0.3 is 5.73 Å². The lowest BCUT2D eigenvalue weighted by Gasteiger charge is -2.15. The van der Waals surface area contributed by atoms with Gasteiger partial charge in [0.2, 0.25) is 0 Å². The molecule has 100 valence electrons. The predicted molar refractivity (Wildman–Crippen MR) is 63.5 cm³/mol. The molecule has 2 aromatic carbocycles. The van der Waals surface area contributed by atoms with E-state index in [0.717, 1.165) is 12.1 Å². The lowest BCUT2D eigenvalue weighted by molar-refractivity contribution is 0.444. The summed E-state index contributed by atoms with van der Waals surface area (Å²) in [7, 11) is 0. The molecule has 2 N–H and O–H groups in total. The maximum absolute atomic E-state index is 13.2. The van der Waals surface area contributed by atoms with E-state index in [1.165, 1.54) is 18.2 Å². The van der Waals surface area contributed by atoms with E-state index in [-0.39, 0.29) is 5.56 Å². The van der Waals surface area contributed by atoms with Crippen LogP contribution in [0.2, 0.25) is 0 Å². The topological polar surface area (TPSA) is 26.0 Å². The summed E-state index contributed by atoms with van der Waals surface area (Å²) in [4.78, 5) is 0. The lowest BCUT2D eigenvalue weighted by atomic mass is 9.95. The Kier molecular flexibility index (Phi) is 3.57. The van der Waals surface area contributed by atoms with Gasteiger partial charge in [0.25, 0.3) is 0 Å².